The van der Waals surface area contributed by atoms with E-state index in [1.165, 1.54) is 36.4 Å². The second-order valence-electron chi connectivity index (χ2n) is 7.85. The number of hydrogen-bond donors (Lipinski definition) is 1. The smallest absolute Gasteiger partial charge is 0.279 e. The van der Waals surface area contributed by atoms with Gasteiger partial charge < -0.3 is 9.30 Å². The summed E-state index contributed by atoms with van der Waals surface area (Å²) in [6, 6.07) is 16.9. The zero-order chi connectivity index (χ0) is 25.9. The van der Waals surface area contributed by atoms with E-state index in [4.69, 9.17) is 4.74 Å². The van der Waals surface area contributed by atoms with Gasteiger partial charge in [0, 0.05) is 37.0 Å². The number of carbonyl (C=O) groups is 1. The highest BCUT2D eigenvalue weighted by Crippen LogP contribution is 2.24. The molecule has 10 nitrogen and oxygen atoms in total. The number of hydrogen-bond acceptors (Lipinski definition) is 7. The molecule has 0 unspecified atom stereocenters. The maximum Gasteiger partial charge on any atom is 0.279 e. The van der Waals surface area contributed by atoms with Crippen molar-refractivity contribution in [1.29, 1.82) is 0 Å². The molecule has 0 radical (unpaired) electrons. The summed E-state index contributed by atoms with van der Waals surface area (Å²) in [4.78, 5) is 28.4. The van der Waals surface area contributed by atoms with Crippen molar-refractivity contribution in [2.24, 2.45) is 4.99 Å². The molecule has 0 aliphatic carbocycles. The summed E-state index contributed by atoms with van der Waals surface area (Å²) in [5.74, 6) is -0.585. The van der Waals surface area contributed by atoms with Crippen molar-refractivity contribution in [3.63, 3.8) is 0 Å². The van der Waals surface area contributed by atoms with Crippen molar-refractivity contribution in [2.75, 3.05) is 18.4 Å². The molecule has 1 N–H and O–H groups in total. The van der Waals surface area contributed by atoms with Crippen LogP contribution in [0.25, 0.3) is 10.2 Å². The van der Waals surface area contributed by atoms with Crippen LogP contribution in [-0.2, 0) is 21.3 Å². The first-order chi connectivity index (χ1) is 17.2. The van der Waals surface area contributed by atoms with Gasteiger partial charge in [0.25, 0.3) is 21.6 Å². The molecule has 12 heteroatoms. The van der Waals surface area contributed by atoms with E-state index in [1.54, 1.807) is 42.0 Å². The number of aromatic nitrogens is 1. The molecular formula is C24H22N4O6S2. The number of non-ortho nitro benzene ring substituents is 1. The Morgan fingerprint density at radius 3 is 2.58 bits per heavy atom. The van der Waals surface area contributed by atoms with E-state index in [-0.39, 0.29) is 21.8 Å². The van der Waals surface area contributed by atoms with E-state index in [0.717, 1.165) is 16.9 Å². The van der Waals surface area contributed by atoms with Crippen LogP contribution in [0, 0.1) is 17.0 Å². The third-order valence-electron chi connectivity index (χ3n) is 5.29. The van der Waals surface area contributed by atoms with Crippen LogP contribution in [0.1, 0.15) is 15.9 Å². The molecule has 186 valence electrons. The fourth-order valence-electron chi connectivity index (χ4n) is 3.46. The fourth-order valence-corrected chi connectivity index (χ4v) is 5.60. The number of thiazole rings is 1. The highest BCUT2D eigenvalue weighted by Gasteiger charge is 2.16. The van der Waals surface area contributed by atoms with Crippen LogP contribution in [0.4, 0.5) is 11.4 Å². The number of nitro benzene ring substituents is 1. The number of rotatable bonds is 8. The van der Waals surface area contributed by atoms with Crippen LogP contribution in [0.2, 0.25) is 0 Å². The van der Waals surface area contributed by atoms with Gasteiger partial charge in [-0.2, -0.15) is 4.99 Å². The molecule has 0 atom stereocenters. The van der Waals surface area contributed by atoms with Crippen molar-refractivity contribution >= 4 is 48.9 Å². The molecule has 4 rings (SSSR count). The third kappa shape index (κ3) is 5.51. The average molecular weight is 527 g/mol. The second kappa shape index (κ2) is 10.4. The predicted octanol–water partition coefficient (Wildman–Crippen LogP) is 4.11. The molecule has 1 amide bonds. The quantitative estimate of drug-likeness (QED) is 0.271. The number of nitrogens with one attached hydrogen (secondary N) is 1. The Bertz CT molecular complexity index is 1620. The number of amides is 1. The molecule has 0 aliphatic rings. The number of benzene rings is 3. The Balaban J connectivity index is 1.68. The summed E-state index contributed by atoms with van der Waals surface area (Å²) in [6.07, 6.45) is 0. The van der Waals surface area contributed by atoms with E-state index in [2.05, 4.69) is 9.71 Å². The first-order valence-corrected chi connectivity index (χ1v) is 13.0. The van der Waals surface area contributed by atoms with E-state index >= 15 is 0 Å². The van der Waals surface area contributed by atoms with Crippen molar-refractivity contribution in [2.45, 2.75) is 18.4 Å². The highest BCUT2D eigenvalue weighted by molar-refractivity contribution is 7.92. The van der Waals surface area contributed by atoms with Gasteiger partial charge in [0.05, 0.1) is 26.6 Å². The molecule has 0 saturated heterocycles. The zero-order valence-electron chi connectivity index (χ0n) is 19.4. The van der Waals surface area contributed by atoms with Crippen molar-refractivity contribution in [3.05, 3.63) is 92.8 Å². The first-order valence-electron chi connectivity index (χ1n) is 10.7. The van der Waals surface area contributed by atoms with Crippen LogP contribution in [-0.4, -0.2) is 37.5 Å². The molecular weight excluding hydrogens is 504 g/mol. The Kier molecular flexibility index (Phi) is 7.29. The summed E-state index contributed by atoms with van der Waals surface area (Å²) in [6.45, 7) is 2.59. The third-order valence-corrected chi connectivity index (χ3v) is 7.72. The maximum atomic E-state index is 13.0. The standard InChI is InChI=1S/C24H22N4O6S2/c1-16-6-9-20(10-7-16)36(32,33)26-18-5-3-4-17(14-18)23(29)25-24-27(12-13-34-2)21-11-8-19(28(30)31)15-22(21)35-24/h3-11,14-15,26H,12-13H2,1-2H3. The van der Waals surface area contributed by atoms with Crippen LogP contribution in [0.5, 0.6) is 0 Å². The molecule has 0 saturated carbocycles. The van der Waals surface area contributed by atoms with Gasteiger partial charge >= 0.3 is 0 Å². The molecule has 4 aromatic rings. The first kappa shape index (κ1) is 25.2. The monoisotopic (exact) mass is 526 g/mol. The minimum absolute atomic E-state index is 0.0610. The Hall–Kier alpha value is -3.87. The summed E-state index contributed by atoms with van der Waals surface area (Å²) < 4.78 is 35.5. The number of fused-ring (bicyclic) bond motifs is 1. The van der Waals surface area contributed by atoms with Crippen molar-refractivity contribution in [1.82, 2.24) is 4.57 Å². The molecule has 36 heavy (non-hydrogen) atoms. The van der Waals surface area contributed by atoms with E-state index in [9.17, 15) is 23.3 Å². The molecule has 0 bridgehead atoms. The lowest BCUT2D eigenvalue weighted by Crippen LogP contribution is -2.19. The molecule has 1 aromatic heterocycles. The number of anilines is 1. The normalized spacial score (nSPS) is 12.1. The minimum Gasteiger partial charge on any atom is -0.383 e. The van der Waals surface area contributed by atoms with Crippen molar-refractivity contribution < 1.29 is 22.9 Å². The fraction of sp³-hybridized carbons (Fsp3) is 0.167. The number of sulfonamides is 1. The number of nitro groups is 1. The Morgan fingerprint density at radius 2 is 1.89 bits per heavy atom. The van der Waals surface area contributed by atoms with Crippen LogP contribution in [0.15, 0.2) is 76.6 Å². The van der Waals surface area contributed by atoms with Gasteiger partial charge in [-0.05, 0) is 43.3 Å². The Morgan fingerprint density at radius 1 is 1.14 bits per heavy atom. The van der Waals surface area contributed by atoms with Crippen molar-refractivity contribution in [3.8, 4) is 0 Å². The summed E-state index contributed by atoms with van der Waals surface area (Å²) in [5.41, 5.74) is 1.96. The van der Waals surface area contributed by atoms with E-state index < -0.39 is 20.9 Å². The number of nitrogens with zero attached hydrogens (tertiary/aromatic N) is 3. The average Bonchev–Trinajstić information content (AvgIpc) is 3.18. The second-order valence-corrected chi connectivity index (χ2v) is 10.5. The lowest BCUT2D eigenvalue weighted by molar-refractivity contribution is -0.384. The van der Waals surface area contributed by atoms with Crippen LogP contribution in [0.3, 0.4) is 0 Å². The highest BCUT2D eigenvalue weighted by atomic mass is 32.2. The largest absolute Gasteiger partial charge is 0.383 e. The van der Waals surface area contributed by atoms with E-state index in [0.29, 0.717) is 28.2 Å². The number of ether oxygens (including phenoxy) is 1. The molecule has 0 fully saturated rings. The molecule has 3 aromatic carbocycles. The van der Waals surface area contributed by atoms with Gasteiger partial charge in [0.15, 0.2) is 4.80 Å². The summed E-state index contributed by atoms with van der Waals surface area (Å²) >= 11 is 1.15. The lowest BCUT2D eigenvalue weighted by atomic mass is 10.2. The topological polar surface area (TPSA) is 133 Å². The zero-order valence-corrected chi connectivity index (χ0v) is 21.0. The van der Waals surface area contributed by atoms with Gasteiger partial charge in [0.2, 0.25) is 0 Å². The number of methoxy groups -OCH3 is 1. The number of aryl methyl sites for hydroxylation is 1. The molecule has 0 spiro atoms. The minimum atomic E-state index is -3.84. The predicted molar refractivity (Wildman–Crippen MR) is 137 cm³/mol. The van der Waals surface area contributed by atoms with Crippen LogP contribution >= 0.6 is 11.3 Å². The molecule has 1 heterocycles. The SMILES string of the molecule is COCCn1c(=NC(=O)c2cccc(NS(=O)(=O)c3ccc(C)cc3)c2)sc2cc([N+](=O)[O-])ccc21. The number of carbonyl (C=O) groups excluding carboxylic acids is 1. The van der Waals surface area contributed by atoms with Gasteiger partial charge in [-0.25, -0.2) is 8.42 Å². The van der Waals surface area contributed by atoms with Gasteiger partial charge in [-0.1, -0.05) is 35.1 Å². The van der Waals surface area contributed by atoms with Gasteiger partial charge in [0.1, 0.15) is 0 Å². The Labute approximate surface area is 210 Å². The van der Waals surface area contributed by atoms with Gasteiger partial charge in [-0.15, -0.1) is 0 Å². The summed E-state index contributed by atoms with van der Waals surface area (Å²) in [5, 5.41) is 11.2. The van der Waals surface area contributed by atoms with Gasteiger partial charge in [-0.3, -0.25) is 19.6 Å². The summed E-state index contributed by atoms with van der Waals surface area (Å²) in [7, 11) is -2.29. The van der Waals surface area contributed by atoms with Crippen LogP contribution < -0.4 is 9.52 Å². The molecule has 0 aliphatic heterocycles. The maximum absolute atomic E-state index is 13.0. The lowest BCUT2D eigenvalue weighted by Gasteiger charge is -2.09. The van der Waals surface area contributed by atoms with E-state index in [1.807, 2.05) is 6.92 Å².